The molecule has 0 bridgehead atoms. The third-order valence-corrected chi connectivity index (χ3v) is 16.0. The van der Waals surface area contributed by atoms with E-state index in [2.05, 4.69) is 61.8 Å². The summed E-state index contributed by atoms with van der Waals surface area (Å²) in [5.74, 6) is -0.654. The van der Waals surface area contributed by atoms with Crippen molar-refractivity contribution in [1.82, 2.24) is 55.0 Å². The first-order valence-electron chi connectivity index (χ1n) is 26.7. The van der Waals surface area contributed by atoms with Gasteiger partial charge >= 0.3 is 6.18 Å². The Hall–Kier alpha value is -6.18. The first-order chi connectivity index (χ1) is 35.6. The van der Waals surface area contributed by atoms with Crippen LogP contribution >= 0.6 is 0 Å². The van der Waals surface area contributed by atoms with E-state index in [1.54, 1.807) is 36.7 Å². The lowest BCUT2D eigenvalue weighted by Crippen LogP contribution is -2.58. The Bertz CT molecular complexity index is 2570. The van der Waals surface area contributed by atoms with Crippen LogP contribution in [0.5, 0.6) is 0 Å². The highest BCUT2D eigenvalue weighted by Crippen LogP contribution is 2.38. The lowest BCUT2D eigenvalue weighted by Gasteiger charge is -2.44. The molecule has 1 aliphatic carbocycles. The van der Waals surface area contributed by atoms with E-state index in [4.69, 9.17) is 0 Å². The van der Waals surface area contributed by atoms with Crippen LogP contribution in [0.2, 0.25) is 0 Å². The first-order valence-corrected chi connectivity index (χ1v) is 26.7. The summed E-state index contributed by atoms with van der Waals surface area (Å²) in [6, 6.07) is 5.87. The van der Waals surface area contributed by atoms with E-state index in [0.717, 1.165) is 88.3 Å². The zero-order valence-corrected chi connectivity index (χ0v) is 43.2. The van der Waals surface area contributed by atoms with Crippen molar-refractivity contribution < 1.29 is 37.1 Å². The molecule has 3 N–H and O–H groups in total. The number of carbonyl (C=O) groups excluding carboxylic acids is 5. The molecular weight excluding hydrogens is 954 g/mol. The summed E-state index contributed by atoms with van der Waals surface area (Å²) in [6.45, 7) is 6.53. The Morgan fingerprint density at radius 2 is 1.64 bits per heavy atom. The minimum Gasteiger partial charge on any atom is -0.358 e. The highest BCUT2D eigenvalue weighted by molar-refractivity contribution is 5.95. The number of pyridine rings is 1. The molecule has 20 heteroatoms. The molecule has 5 amide bonds. The molecule has 1 saturated carbocycles. The third-order valence-electron chi connectivity index (χ3n) is 16.0. The summed E-state index contributed by atoms with van der Waals surface area (Å²) < 4.78 is 42.7. The smallest absolute Gasteiger partial charge is 0.358 e. The van der Waals surface area contributed by atoms with Crippen molar-refractivity contribution in [3.63, 3.8) is 0 Å². The molecule has 74 heavy (non-hydrogen) atoms. The minimum atomic E-state index is -4.55. The zero-order valence-electron chi connectivity index (χ0n) is 43.2. The van der Waals surface area contributed by atoms with Gasteiger partial charge in [0, 0.05) is 82.1 Å². The van der Waals surface area contributed by atoms with Gasteiger partial charge in [-0.1, -0.05) is 44.6 Å². The van der Waals surface area contributed by atoms with Crippen molar-refractivity contribution in [1.29, 1.82) is 0 Å². The molecule has 8 rings (SSSR count). The molecule has 4 aliphatic rings. The number of likely N-dealkylation sites (tertiary alicyclic amines) is 3. The predicted octanol–water partition coefficient (Wildman–Crippen LogP) is 7.32. The average molecular weight is 1030 g/mol. The molecule has 4 fully saturated rings. The number of carbonyl (C=O) groups is 5. The monoisotopic (exact) mass is 1030 g/mol. The van der Waals surface area contributed by atoms with Gasteiger partial charge in [0.05, 0.1) is 52.9 Å². The van der Waals surface area contributed by atoms with Crippen LogP contribution in [0, 0.1) is 5.92 Å². The van der Waals surface area contributed by atoms with Crippen LogP contribution in [-0.4, -0.2) is 144 Å². The second-order valence-corrected chi connectivity index (χ2v) is 21.1. The van der Waals surface area contributed by atoms with Crippen molar-refractivity contribution in [3.05, 3.63) is 78.1 Å². The first kappa shape index (κ1) is 54.1. The number of benzene rings is 1. The maximum atomic E-state index is 14.1. The standard InChI is InChI=1S/C54H73F3N12O5/c1-35(2)65(3)40-17-19-46(68-27-22-44(53(68)74)63-50-41-28-38(54(55,56)57)16-18-43(41)60-34-61-50)45(29-40)64-51(72)37-32-62-69(33-37)39-20-25-67(26-21-39)47(70)15-11-9-7-5-6-8-10-12-24-59-52(73)42-30-48(71)66(4)49(42)36-14-13-23-58-31-36/h13-14,16,18,23,28,31-35,39-40,42,44-46,49H,5-12,15,17,19-22,24-27,29-30H2,1-4H3,(H,59,73)(H,64,72)(H,60,61,63)/t40-,42+,44+,45-,46+,49-/m1/s1. The van der Waals surface area contributed by atoms with E-state index < -0.39 is 23.7 Å². The summed E-state index contributed by atoms with van der Waals surface area (Å²) >= 11 is 0. The number of aromatic nitrogens is 5. The van der Waals surface area contributed by atoms with E-state index in [-0.39, 0.29) is 83.4 Å². The molecule has 3 aliphatic heterocycles. The predicted molar refractivity (Wildman–Crippen MR) is 273 cm³/mol. The molecule has 0 spiro atoms. The van der Waals surface area contributed by atoms with Crippen LogP contribution in [0.4, 0.5) is 19.0 Å². The van der Waals surface area contributed by atoms with E-state index in [1.165, 1.54) is 12.4 Å². The third kappa shape index (κ3) is 13.0. The van der Waals surface area contributed by atoms with Gasteiger partial charge in [-0.05, 0) is 102 Å². The molecule has 17 nitrogen and oxygen atoms in total. The van der Waals surface area contributed by atoms with Gasteiger partial charge in [-0.15, -0.1) is 0 Å². The summed E-state index contributed by atoms with van der Waals surface area (Å²) in [6.07, 6.45) is 16.4. The number of hydrogen-bond donors (Lipinski definition) is 3. The summed E-state index contributed by atoms with van der Waals surface area (Å²) in [5.41, 5.74) is 0.805. The highest BCUT2D eigenvalue weighted by Gasteiger charge is 2.45. The number of alkyl halides is 3. The van der Waals surface area contributed by atoms with Gasteiger partial charge in [0.2, 0.25) is 23.6 Å². The Morgan fingerprint density at radius 1 is 0.892 bits per heavy atom. The fourth-order valence-electron chi connectivity index (χ4n) is 11.5. The lowest BCUT2D eigenvalue weighted by molar-refractivity contribution is -0.137. The fourth-order valence-corrected chi connectivity index (χ4v) is 11.5. The maximum absolute atomic E-state index is 14.1. The molecule has 0 unspecified atom stereocenters. The summed E-state index contributed by atoms with van der Waals surface area (Å²) in [7, 11) is 3.82. The van der Waals surface area contributed by atoms with Gasteiger partial charge in [-0.3, -0.25) is 33.6 Å². The second-order valence-electron chi connectivity index (χ2n) is 21.1. The number of nitrogens with one attached hydrogen (secondary N) is 3. The average Bonchev–Trinajstić information content (AvgIpc) is 4.12. The summed E-state index contributed by atoms with van der Waals surface area (Å²) in [4.78, 5) is 87.0. The largest absolute Gasteiger partial charge is 0.416 e. The Morgan fingerprint density at radius 3 is 2.35 bits per heavy atom. The van der Waals surface area contributed by atoms with Crippen molar-refractivity contribution in [2.75, 3.05) is 45.6 Å². The Kier molecular flexibility index (Phi) is 17.9. The van der Waals surface area contributed by atoms with Crippen LogP contribution < -0.4 is 16.0 Å². The molecule has 3 aromatic heterocycles. The van der Waals surface area contributed by atoms with Crippen LogP contribution in [0.3, 0.4) is 0 Å². The van der Waals surface area contributed by atoms with Crippen molar-refractivity contribution in [3.8, 4) is 0 Å². The topological polar surface area (TPSA) is 191 Å². The van der Waals surface area contributed by atoms with Crippen LogP contribution in [0.15, 0.2) is 61.4 Å². The van der Waals surface area contributed by atoms with Gasteiger partial charge < -0.3 is 35.6 Å². The van der Waals surface area contributed by atoms with E-state index in [1.807, 2.05) is 26.6 Å². The second kappa shape index (κ2) is 24.4. The normalized spacial score (nSPS) is 22.9. The molecular formula is C54H73F3N12O5. The number of amides is 5. The fraction of sp³-hybridized carbons (Fsp3) is 0.611. The Balaban J connectivity index is 0.740. The number of halogens is 3. The van der Waals surface area contributed by atoms with Gasteiger partial charge in [-0.2, -0.15) is 18.3 Å². The minimum absolute atomic E-state index is 0.0323. The van der Waals surface area contributed by atoms with Gasteiger partial charge in [-0.25, -0.2) is 9.97 Å². The molecule has 6 heterocycles. The molecule has 3 saturated heterocycles. The number of fused-ring (bicyclic) bond motifs is 1. The van der Waals surface area contributed by atoms with Crippen LogP contribution in [0.1, 0.15) is 150 Å². The van der Waals surface area contributed by atoms with Crippen molar-refractivity contribution in [2.45, 2.75) is 165 Å². The SMILES string of the molecule is CC(C)N(C)[C@@H]1CC[C@H](N2CC[C@H](Nc3ncnc4ccc(C(F)(F)F)cc34)C2=O)[C@H](NC(=O)c2cnn(C3CCN(C(=O)CCCCCCCCCCNC(=O)[C@H]4CC(=O)N(C)[C@@H]4c4cccnc4)CC3)c2)C1. The summed E-state index contributed by atoms with van der Waals surface area (Å²) in [5, 5.41) is 14.2. The number of anilines is 1. The Labute approximate surface area is 431 Å². The van der Waals surface area contributed by atoms with Gasteiger partial charge in [0.25, 0.3) is 5.91 Å². The lowest BCUT2D eigenvalue weighted by atomic mass is 9.84. The molecule has 0 radical (unpaired) electrons. The van der Waals surface area contributed by atoms with Crippen molar-refractivity contribution >= 4 is 46.3 Å². The van der Waals surface area contributed by atoms with Crippen LogP contribution in [0.25, 0.3) is 10.9 Å². The number of hydrogen-bond acceptors (Lipinski definition) is 11. The molecule has 4 aromatic rings. The van der Waals surface area contributed by atoms with E-state index in [9.17, 15) is 37.1 Å². The van der Waals surface area contributed by atoms with E-state index in [0.29, 0.717) is 62.9 Å². The number of rotatable bonds is 21. The van der Waals surface area contributed by atoms with Gasteiger partial charge in [0.1, 0.15) is 18.2 Å². The highest BCUT2D eigenvalue weighted by atomic mass is 19.4. The zero-order chi connectivity index (χ0) is 52.5. The van der Waals surface area contributed by atoms with Gasteiger partial charge in [0.15, 0.2) is 0 Å². The van der Waals surface area contributed by atoms with E-state index >= 15 is 0 Å². The molecule has 400 valence electrons. The maximum Gasteiger partial charge on any atom is 0.416 e. The number of unbranched alkanes of at least 4 members (excludes halogenated alkanes) is 7. The molecule has 6 atom stereocenters. The molecule has 1 aromatic carbocycles. The van der Waals surface area contributed by atoms with Crippen LogP contribution in [-0.2, 0) is 25.4 Å². The quantitative estimate of drug-likeness (QED) is 0.0709. The number of nitrogens with zero attached hydrogens (tertiary/aromatic N) is 9. The number of piperidine rings is 1. The van der Waals surface area contributed by atoms with Crippen molar-refractivity contribution in [2.24, 2.45) is 5.92 Å².